The summed E-state index contributed by atoms with van der Waals surface area (Å²) in [6.45, 7) is -4.88. The Morgan fingerprint density at radius 3 is 1.76 bits per heavy atom. The minimum absolute atomic E-state index is 0.540. The van der Waals surface area contributed by atoms with E-state index in [1.54, 1.807) is 0 Å². The van der Waals surface area contributed by atoms with E-state index in [9.17, 15) is 12.9 Å². The SMILES string of the molecule is F[B-](F)(F)c1ccc(Cc2ccccc2)cc1. The molecule has 0 aliphatic heterocycles. The fraction of sp³-hybridized carbons (Fsp3) is 0.0769. The molecule has 88 valence electrons. The molecule has 0 aliphatic rings. The summed E-state index contributed by atoms with van der Waals surface area (Å²) in [5.74, 6) is 0. The van der Waals surface area contributed by atoms with Gasteiger partial charge in [-0.15, -0.1) is 5.46 Å². The number of hydrogen-bond acceptors (Lipinski definition) is 0. The Hall–Kier alpha value is -1.71. The molecule has 0 saturated heterocycles. The third kappa shape index (κ3) is 3.13. The van der Waals surface area contributed by atoms with Crippen LogP contribution in [0.1, 0.15) is 11.1 Å². The van der Waals surface area contributed by atoms with E-state index in [1.807, 2.05) is 30.3 Å². The second-order valence-electron chi connectivity index (χ2n) is 3.98. The van der Waals surface area contributed by atoms with Gasteiger partial charge in [0, 0.05) is 0 Å². The van der Waals surface area contributed by atoms with Crippen LogP contribution in [0.3, 0.4) is 0 Å². The fourth-order valence-corrected chi connectivity index (χ4v) is 1.69. The van der Waals surface area contributed by atoms with Gasteiger partial charge < -0.3 is 12.9 Å². The second kappa shape index (κ2) is 4.66. The molecule has 0 bridgehead atoms. The summed E-state index contributed by atoms with van der Waals surface area (Å²) < 4.78 is 37.2. The maximum Gasteiger partial charge on any atom is 0.509 e. The molecular formula is C13H11BF3-. The standard InChI is InChI=1S/C13H11BF3/c15-14(16,17)13-8-6-12(7-9-13)10-11-4-2-1-3-5-11/h1-9H,10H2/q-1. The van der Waals surface area contributed by atoms with Gasteiger partial charge in [0.1, 0.15) is 0 Å². The Kier molecular flexibility index (Phi) is 3.22. The monoisotopic (exact) mass is 235 g/mol. The highest BCUT2D eigenvalue weighted by molar-refractivity contribution is 6.73. The van der Waals surface area contributed by atoms with E-state index in [0.29, 0.717) is 6.42 Å². The highest BCUT2D eigenvalue weighted by Gasteiger charge is 2.24. The molecule has 0 saturated carbocycles. The molecule has 0 N–H and O–H groups in total. The first kappa shape index (κ1) is 11.8. The third-order valence-corrected chi connectivity index (χ3v) is 2.61. The lowest BCUT2D eigenvalue weighted by atomic mass is 9.80. The van der Waals surface area contributed by atoms with Crippen molar-refractivity contribution in [2.24, 2.45) is 0 Å². The summed E-state index contributed by atoms with van der Waals surface area (Å²) in [5.41, 5.74) is 1.44. The van der Waals surface area contributed by atoms with Crippen molar-refractivity contribution < 1.29 is 12.9 Å². The third-order valence-electron chi connectivity index (χ3n) is 2.61. The molecule has 4 heteroatoms. The van der Waals surface area contributed by atoms with Crippen LogP contribution in [0.4, 0.5) is 12.9 Å². The van der Waals surface area contributed by atoms with Gasteiger partial charge in [-0.25, -0.2) is 0 Å². The van der Waals surface area contributed by atoms with E-state index in [2.05, 4.69) is 0 Å². The van der Waals surface area contributed by atoms with Gasteiger partial charge in [0.05, 0.1) is 0 Å². The Morgan fingerprint density at radius 1 is 0.706 bits per heavy atom. The lowest BCUT2D eigenvalue weighted by Crippen LogP contribution is -2.33. The predicted molar refractivity (Wildman–Crippen MR) is 64.4 cm³/mol. The van der Waals surface area contributed by atoms with Gasteiger partial charge in [-0.3, -0.25) is 0 Å². The number of rotatable bonds is 3. The van der Waals surface area contributed by atoms with Crippen LogP contribution in [-0.2, 0) is 6.42 Å². The largest absolute Gasteiger partial charge is 0.509 e. The molecule has 0 radical (unpaired) electrons. The molecule has 0 fully saturated rings. The van der Waals surface area contributed by atoms with Crippen LogP contribution in [0.5, 0.6) is 0 Å². The van der Waals surface area contributed by atoms with E-state index < -0.39 is 12.4 Å². The smallest absolute Gasteiger partial charge is 0.445 e. The van der Waals surface area contributed by atoms with Gasteiger partial charge in [0.2, 0.25) is 0 Å². The number of benzene rings is 2. The van der Waals surface area contributed by atoms with E-state index in [1.165, 1.54) is 12.1 Å². The zero-order valence-corrected chi connectivity index (χ0v) is 9.11. The summed E-state index contributed by atoms with van der Waals surface area (Å²) in [5, 5.41) is 0. The van der Waals surface area contributed by atoms with Crippen LogP contribution in [-0.4, -0.2) is 6.98 Å². The molecule has 0 amide bonds. The lowest BCUT2D eigenvalue weighted by Gasteiger charge is -2.14. The van der Waals surface area contributed by atoms with Crippen molar-refractivity contribution in [2.75, 3.05) is 0 Å². The first-order chi connectivity index (χ1) is 8.05. The van der Waals surface area contributed by atoms with Crippen molar-refractivity contribution in [3.63, 3.8) is 0 Å². The van der Waals surface area contributed by atoms with Crippen LogP contribution in [0.15, 0.2) is 54.6 Å². The lowest BCUT2D eigenvalue weighted by molar-refractivity contribution is 0.501. The molecule has 0 unspecified atom stereocenters. The van der Waals surface area contributed by atoms with E-state index in [4.69, 9.17) is 0 Å². The van der Waals surface area contributed by atoms with Gasteiger partial charge in [0.25, 0.3) is 0 Å². The van der Waals surface area contributed by atoms with Crippen LogP contribution in [0.2, 0.25) is 0 Å². The average molecular weight is 235 g/mol. The van der Waals surface area contributed by atoms with E-state index >= 15 is 0 Å². The minimum atomic E-state index is -4.88. The molecule has 2 aromatic carbocycles. The summed E-state index contributed by atoms with van der Waals surface area (Å²) in [7, 11) is 0. The fourth-order valence-electron chi connectivity index (χ4n) is 1.69. The highest BCUT2D eigenvalue weighted by atomic mass is 19.4. The molecular weight excluding hydrogens is 224 g/mol. The summed E-state index contributed by atoms with van der Waals surface area (Å²) in [6.07, 6.45) is 0.659. The molecule has 2 aromatic rings. The van der Waals surface area contributed by atoms with Crippen molar-refractivity contribution >= 4 is 12.4 Å². The van der Waals surface area contributed by atoms with Crippen molar-refractivity contribution in [1.29, 1.82) is 0 Å². The molecule has 0 aliphatic carbocycles. The van der Waals surface area contributed by atoms with Crippen LogP contribution in [0, 0.1) is 0 Å². The number of halogens is 3. The average Bonchev–Trinajstić information content (AvgIpc) is 2.30. The summed E-state index contributed by atoms with van der Waals surface area (Å²) in [4.78, 5) is 0. The molecule has 2 rings (SSSR count). The van der Waals surface area contributed by atoms with Crippen LogP contribution >= 0.6 is 0 Å². The Bertz CT molecular complexity index is 474. The van der Waals surface area contributed by atoms with Crippen molar-refractivity contribution in [1.82, 2.24) is 0 Å². The van der Waals surface area contributed by atoms with Gasteiger partial charge in [-0.1, -0.05) is 54.6 Å². The van der Waals surface area contributed by atoms with Gasteiger partial charge >= 0.3 is 6.98 Å². The predicted octanol–water partition coefficient (Wildman–Crippen LogP) is 3.33. The maximum atomic E-state index is 12.4. The van der Waals surface area contributed by atoms with Gasteiger partial charge in [0.15, 0.2) is 0 Å². The number of hydrogen-bond donors (Lipinski definition) is 0. The van der Waals surface area contributed by atoms with E-state index in [0.717, 1.165) is 23.3 Å². The molecule has 0 atom stereocenters. The summed E-state index contributed by atoms with van der Waals surface area (Å²) >= 11 is 0. The normalized spacial score (nSPS) is 11.5. The first-order valence-corrected chi connectivity index (χ1v) is 5.38. The Morgan fingerprint density at radius 2 is 1.24 bits per heavy atom. The van der Waals surface area contributed by atoms with Crippen molar-refractivity contribution in [3.05, 3.63) is 65.7 Å². The highest BCUT2D eigenvalue weighted by Crippen LogP contribution is 2.12. The minimum Gasteiger partial charge on any atom is -0.445 e. The zero-order valence-electron chi connectivity index (χ0n) is 9.11. The zero-order chi connectivity index (χ0) is 12.3. The van der Waals surface area contributed by atoms with Gasteiger partial charge in [-0.2, -0.15) is 0 Å². The van der Waals surface area contributed by atoms with Crippen molar-refractivity contribution in [2.45, 2.75) is 6.42 Å². The van der Waals surface area contributed by atoms with Crippen LogP contribution in [0.25, 0.3) is 0 Å². The quantitative estimate of drug-likeness (QED) is 0.715. The van der Waals surface area contributed by atoms with Crippen molar-refractivity contribution in [3.8, 4) is 0 Å². The summed E-state index contributed by atoms with van der Waals surface area (Å²) in [6, 6.07) is 15.1. The van der Waals surface area contributed by atoms with E-state index in [-0.39, 0.29) is 0 Å². The Labute approximate surface area is 98.2 Å². The molecule has 17 heavy (non-hydrogen) atoms. The molecule has 0 spiro atoms. The molecule has 0 aromatic heterocycles. The second-order valence-corrected chi connectivity index (χ2v) is 3.98. The topological polar surface area (TPSA) is 0 Å². The first-order valence-electron chi connectivity index (χ1n) is 5.38. The molecule has 0 nitrogen and oxygen atoms in total. The van der Waals surface area contributed by atoms with Crippen LogP contribution < -0.4 is 5.46 Å². The Balaban J connectivity index is 2.14. The molecule has 0 heterocycles. The maximum absolute atomic E-state index is 12.4. The van der Waals surface area contributed by atoms with Gasteiger partial charge in [-0.05, 0) is 17.5 Å².